The van der Waals surface area contributed by atoms with Crippen LogP contribution in [0.1, 0.15) is 46.5 Å². The second kappa shape index (κ2) is 12.5. The molecule has 128 valence electrons. The molecule has 1 atom stereocenters. The fourth-order valence-electron chi connectivity index (χ4n) is 2.74. The van der Waals surface area contributed by atoms with Crippen molar-refractivity contribution in [3.8, 4) is 0 Å². The number of amides is 1. The standard InChI is InChI=1S/C15H31N3O.2ClH/c1-4-18-9-6-13(7-10-18)5-8-17-15(19)14(16)11-12(2)3;;/h12-14H,4-11,16H2,1-3H3,(H,17,19);2*1H/t14-;;/m0../s1. The third-order valence-electron chi connectivity index (χ3n) is 4.07. The number of nitrogens with two attached hydrogens (primary N) is 1. The van der Waals surface area contributed by atoms with Crippen LogP contribution in [0.4, 0.5) is 0 Å². The lowest BCUT2D eigenvalue weighted by Gasteiger charge is -2.31. The molecule has 3 N–H and O–H groups in total. The summed E-state index contributed by atoms with van der Waals surface area (Å²) in [6, 6.07) is -0.345. The summed E-state index contributed by atoms with van der Waals surface area (Å²) in [6.45, 7) is 10.8. The molecule has 21 heavy (non-hydrogen) atoms. The molecule has 0 saturated carbocycles. The molecule has 0 aliphatic carbocycles. The van der Waals surface area contributed by atoms with E-state index >= 15 is 0 Å². The van der Waals surface area contributed by atoms with Crippen LogP contribution in [0, 0.1) is 11.8 Å². The third kappa shape index (κ3) is 9.56. The molecule has 0 spiro atoms. The van der Waals surface area contributed by atoms with Gasteiger partial charge in [-0.2, -0.15) is 0 Å². The van der Waals surface area contributed by atoms with E-state index < -0.39 is 0 Å². The van der Waals surface area contributed by atoms with Gasteiger partial charge < -0.3 is 16.0 Å². The van der Waals surface area contributed by atoms with Gasteiger partial charge in [-0.15, -0.1) is 24.8 Å². The molecule has 0 radical (unpaired) electrons. The van der Waals surface area contributed by atoms with Gasteiger partial charge in [0.25, 0.3) is 0 Å². The van der Waals surface area contributed by atoms with Crippen LogP contribution >= 0.6 is 24.8 Å². The SMILES string of the molecule is CCN1CCC(CCNC(=O)[C@@H](N)CC(C)C)CC1.Cl.Cl. The number of hydrogen-bond donors (Lipinski definition) is 2. The minimum Gasteiger partial charge on any atom is -0.355 e. The fraction of sp³-hybridized carbons (Fsp3) is 0.933. The number of likely N-dealkylation sites (tertiary alicyclic amines) is 1. The molecule has 6 heteroatoms. The van der Waals surface area contributed by atoms with Crippen molar-refractivity contribution in [2.24, 2.45) is 17.6 Å². The summed E-state index contributed by atoms with van der Waals surface area (Å²) < 4.78 is 0. The normalized spacial score (nSPS) is 17.8. The second-order valence-electron chi connectivity index (χ2n) is 6.19. The van der Waals surface area contributed by atoms with E-state index in [0.29, 0.717) is 5.92 Å². The molecule has 0 unspecified atom stereocenters. The molecule has 1 saturated heterocycles. The van der Waals surface area contributed by atoms with Gasteiger partial charge in [0.15, 0.2) is 0 Å². The van der Waals surface area contributed by atoms with Crippen molar-refractivity contribution in [1.29, 1.82) is 0 Å². The first-order valence-corrected chi connectivity index (χ1v) is 7.78. The highest BCUT2D eigenvalue weighted by molar-refractivity contribution is 5.85. The van der Waals surface area contributed by atoms with Crippen molar-refractivity contribution in [3.05, 3.63) is 0 Å². The Balaban J connectivity index is 0. The van der Waals surface area contributed by atoms with E-state index in [2.05, 4.69) is 31.0 Å². The van der Waals surface area contributed by atoms with Gasteiger partial charge in [-0.05, 0) is 57.2 Å². The molecule has 0 aromatic carbocycles. The topological polar surface area (TPSA) is 58.4 Å². The molecule has 1 aliphatic rings. The van der Waals surface area contributed by atoms with E-state index in [4.69, 9.17) is 5.73 Å². The maximum absolute atomic E-state index is 11.8. The van der Waals surface area contributed by atoms with Crippen LogP contribution in [0.2, 0.25) is 0 Å². The summed E-state index contributed by atoms with van der Waals surface area (Å²) in [5.74, 6) is 1.25. The number of hydrogen-bond acceptors (Lipinski definition) is 3. The van der Waals surface area contributed by atoms with Gasteiger partial charge in [0.2, 0.25) is 5.91 Å². The average molecular weight is 342 g/mol. The van der Waals surface area contributed by atoms with E-state index in [-0.39, 0.29) is 36.8 Å². The Morgan fingerprint density at radius 1 is 1.29 bits per heavy atom. The minimum absolute atomic E-state index is 0. The first kappa shape index (κ1) is 23.2. The number of carbonyl (C=O) groups excluding carboxylic acids is 1. The smallest absolute Gasteiger partial charge is 0.236 e. The monoisotopic (exact) mass is 341 g/mol. The Morgan fingerprint density at radius 2 is 1.86 bits per heavy atom. The summed E-state index contributed by atoms with van der Waals surface area (Å²) in [4.78, 5) is 14.3. The van der Waals surface area contributed by atoms with Crippen molar-refractivity contribution >= 4 is 30.7 Å². The molecule has 1 heterocycles. The first-order chi connectivity index (χ1) is 9.02. The summed E-state index contributed by atoms with van der Waals surface area (Å²) in [6.07, 6.45) is 4.39. The van der Waals surface area contributed by atoms with Crippen molar-refractivity contribution in [2.45, 2.75) is 52.5 Å². The lowest BCUT2D eigenvalue weighted by Crippen LogP contribution is -2.42. The predicted octanol–water partition coefficient (Wildman–Crippen LogP) is 2.44. The minimum atomic E-state index is -0.345. The zero-order chi connectivity index (χ0) is 14.3. The van der Waals surface area contributed by atoms with E-state index in [0.717, 1.165) is 31.8 Å². The second-order valence-corrected chi connectivity index (χ2v) is 6.19. The Labute approximate surface area is 142 Å². The lowest BCUT2D eigenvalue weighted by atomic mass is 9.93. The zero-order valence-corrected chi connectivity index (χ0v) is 15.3. The lowest BCUT2D eigenvalue weighted by molar-refractivity contribution is -0.122. The molecular formula is C15H33Cl2N3O. The number of nitrogens with zero attached hydrogens (tertiary/aromatic N) is 1. The van der Waals surface area contributed by atoms with E-state index in [1.54, 1.807) is 0 Å². The van der Waals surface area contributed by atoms with Gasteiger partial charge in [-0.25, -0.2) is 0 Å². The summed E-state index contributed by atoms with van der Waals surface area (Å²) >= 11 is 0. The molecule has 1 amide bonds. The highest BCUT2D eigenvalue weighted by Gasteiger charge is 2.19. The molecule has 1 rings (SSSR count). The van der Waals surface area contributed by atoms with Crippen LogP contribution in [0.5, 0.6) is 0 Å². The van der Waals surface area contributed by atoms with Crippen LogP contribution in [-0.2, 0) is 4.79 Å². The number of nitrogens with one attached hydrogen (secondary N) is 1. The van der Waals surface area contributed by atoms with Crippen LogP contribution in [0.15, 0.2) is 0 Å². The fourth-order valence-corrected chi connectivity index (χ4v) is 2.74. The molecule has 0 aromatic heterocycles. The largest absolute Gasteiger partial charge is 0.355 e. The molecule has 0 bridgehead atoms. The maximum atomic E-state index is 11.8. The van der Waals surface area contributed by atoms with Gasteiger partial charge in [0, 0.05) is 6.54 Å². The van der Waals surface area contributed by atoms with Gasteiger partial charge in [0.05, 0.1) is 6.04 Å². The van der Waals surface area contributed by atoms with Crippen molar-refractivity contribution in [2.75, 3.05) is 26.2 Å². The van der Waals surface area contributed by atoms with Gasteiger partial charge in [-0.1, -0.05) is 20.8 Å². The van der Waals surface area contributed by atoms with Crippen LogP contribution < -0.4 is 11.1 Å². The number of rotatable bonds is 7. The van der Waals surface area contributed by atoms with Crippen LogP contribution in [-0.4, -0.2) is 43.0 Å². The average Bonchev–Trinajstić information content (AvgIpc) is 2.38. The number of piperidine rings is 1. The Morgan fingerprint density at radius 3 is 2.33 bits per heavy atom. The Bertz CT molecular complexity index is 270. The predicted molar refractivity (Wildman–Crippen MR) is 94.4 cm³/mol. The first-order valence-electron chi connectivity index (χ1n) is 7.78. The highest BCUT2D eigenvalue weighted by Crippen LogP contribution is 2.19. The van der Waals surface area contributed by atoms with Crippen molar-refractivity contribution in [3.63, 3.8) is 0 Å². The summed E-state index contributed by atoms with van der Waals surface area (Å²) in [5, 5.41) is 2.98. The molecule has 0 aromatic rings. The van der Waals surface area contributed by atoms with Gasteiger partial charge in [-0.3, -0.25) is 4.79 Å². The van der Waals surface area contributed by atoms with E-state index in [1.165, 1.54) is 25.9 Å². The zero-order valence-electron chi connectivity index (χ0n) is 13.6. The quantitative estimate of drug-likeness (QED) is 0.747. The van der Waals surface area contributed by atoms with Crippen molar-refractivity contribution in [1.82, 2.24) is 10.2 Å². The van der Waals surface area contributed by atoms with Crippen LogP contribution in [0.3, 0.4) is 0 Å². The maximum Gasteiger partial charge on any atom is 0.236 e. The molecule has 1 fully saturated rings. The molecule has 1 aliphatic heterocycles. The Hall–Kier alpha value is -0.0300. The Kier molecular flexibility index (Phi) is 13.8. The third-order valence-corrected chi connectivity index (χ3v) is 4.07. The van der Waals surface area contributed by atoms with Gasteiger partial charge >= 0.3 is 0 Å². The molecule has 4 nitrogen and oxygen atoms in total. The van der Waals surface area contributed by atoms with Crippen molar-refractivity contribution < 1.29 is 4.79 Å². The summed E-state index contributed by atoms with van der Waals surface area (Å²) in [5.41, 5.74) is 5.85. The highest BCUT2D eigenvalue weighted by atomic mass is 35.5. The summed E-state index contributed by atoms with van der Waals surface area (Å²) in [7, 11) is 0. The van der Waals surface area contributed by atoms with Gasteiger partial charge in [0.1, 0.15) is 0 Å². The number of halogens is 2. The van der Waals surface area contributed by atoms with E-state index in [9.17, 15) is 4.79 Å². The molecular weight excluding hydrogens is 309 g/mol. The van der Waals surface area contributed by atoms with Crippen LogP contribution in [0.25, 0.3) is 0 Å². The number of carbonyl (C=O) groups is 1. The van der Waals surface area contributed by atoms with E-state index in [1.807, 2.05) is 0 Å².